The van der Waals surface area contributed by atoms with Crippen LogP contribution in [0.2, 0.25) is 0 Å². The minimum absolute atomic E-state index is 0.102. The molecule has 0 bridgehead atoms. The maximum atomic E-state index is 13.4. The third kappa shape index (κ3) is 14.6. The van der Waals surface area contributed by atoms with Crippen molar-refractivity contribution in [3.8, 4) is 23.0 Å². The first-order chi connectivity index (χ1) is 30.1. The molecule has 1 heterocycles. The highest BCUT2D eigenvalue weighted by atomic mass is 32.1. The molecular weight excluding hydrogens is 823 g/mol. The van der Waals surface area contributed by atoms with Crippen molar-refractivity contribution in [2.45, 2.75) is 25.6 Å². The molecule has 1 aromatic heterocycles. The van der Waals surface area contributed by atoms with Crippen LogP contribution < -0.4 is 24.4 Å². The fourth-order valence-electron chi connectivity index (χ4n) is 5.06. The van der Waals surface area contributed by atoms with Crippen molar-refractivity contribution in [3.63, 3.8) is 0 Å². The van der Waals surface area contributed by atoms with Crippen molar-refractivity contribution in [1.82, 2.24) is 4.98 Å². The first-order valence-electron chi connectivity index (χ1n) is 18.9. The van der Waals surface area contributed by atoms with Gasteiger partial charge in [0.05, 0.1) is 40.8 Å². The molecule has 0 aliphatic carbocycles. The number of nitrogens with one attached hydrogen (secondary N) is 1. The Kier molecular flexibility index (Phi) is 17.5. The Hall–Kier alpha value is -7.63. The molecule has 17 heteroatoms. The maximum absolute atomic E-state index is 13.4. The van der Waals surface area contributed by atoms with Crippen LogP contribution in [0.1, 0.15) is 45.5 Å². The Bertz CT molecular complexity index is 2360. The molecule has 1 unspecified atom stereocenters. The fourth-order valence-corrected chi connectivity index (χ4v) is 5.88. The number of para-hydroxylation sites is 1. The van der Waals surface area contributed by atoms with E-state index in [0.29, 0.717) is 35.9 Å². The number of esters is 5. The van der Waals surface area contributed by atoms with Gasteiger partial charge in [-0.3, -0.25) is 5.43 Å². The van der Waals surface area contributed by atoms with Gasteiger partial charge in [0.25, 0.3) is 0 Å². The molecule has 4 aromatic carbocycles. The number of hydrogen-bond donors (Lipinski definition) is 1. The van der Waals surface area contributed by atoms with Gasteiger partial charge >= 0.3 is 29.8 Å². The molecule has 0 spiro atoms. The van der Waals surface area contributed by atoms with Crippen LogP contribution in [0.5, 0.6) is 23.0 Å². The minimum atomic E-state index is -1.04. The molecule has 0 amide bonds. The van der Waals surface area contributed by atoms with Gasteiger partial charge < -0.3 is 37.9 Å². The first-order valence-corrected chi connectivity index (χ1v) is 19.7. The van der Waals surface area contributed by atoms with E-state index < -0.39 is 36.1 Å². The molecule has 0 radical (unpaired) electrons. The molecule has 0 aliphatic rings. The second kappa shape index (κ2) is 23.8. The summed E-state index contributed by atoms with van der Waals surface area (Å²) in [6.45, 7) is 10.1. The number of anilines is 1. The van der Waals surface area contributed by atoms with Crippen LogP contribution in [0.25, 0.3) is 10.2 Å². The zero-order valence-electron chi connectivity index (χ0n) is 33.2. The van der Waals surface area contributed by atoms with Gasteiger partial charge in [-0.15, -0.1) is 0 Å². The van der Waals surface area contributed by atoms with Gasteiger partial charge in [0.15, 0.2) is 6.61 Å². The summed E-state index contributed by atoms with van der Waals surface area (Å²) in [4.78, 5) is 65.2. The summed E-state index contributed by atoms with van der Waals surface area (Å²) >= 11 is 1.39. The average Bonchev–Trinajstić information content (AvgIpc) is 3.71. The van der Waals surface area contributed by atoms with E-state index in [1.807, 2.05) is 24.3 Å². The third-order valence-corrected chi connectivity index (χ3v) is 9.07. The molecule has 5 rings (SSSR count). The van der Waals surface area contributed by atoms with E-state index in [2.05, 4.69) is 35.2 Å². The maximum Gasteiger partial charge on any atom is 0.343 e. The number of carbonyl (C=O) groups excluding carboxylic acids is 5. The molecule has 0 aliphatic heterocycles. The van der Waals surface area contributed by atoms with Gasteiger partial charge in [-0.1, -0.05) is 43.2 Å². The van der Waals surface area contributed by atoms with Crippen molar-refractivity contribution >= 4 is 62.7 Å². The minimum Gasteiger partial charge on any atom is -0.487 e. The first kappa shape index (κ1) is 45.5. The molecule has 320 valence electrons. The molecule has 0 fully saturated rings. The molecule has 0 saturated heterocycles. The highest BCUT2D eigenvalue weighted by Gasteiger charge is 2.17. The van der Waals surface area contributed by atoms with E-state index in [1.54, 1.807) is 0 Å². The number of ether oxygens (including phenoxy) is 8. The highest BCUT2D eigenvalue weighted by molar-refractivity contribution is 7.22. The summed E-state index contributed by atoms with van der Waals surface area (Å²) in [7, 11) is 0. The molecule has 5 aromatic rings. The number of aromatic nitrogens is 1. The van der Waals surface area contributed by atoms with Gasteiger partial charge in [0.1, 0.15) is 23.0 Å². The number of hydrazone groups is 1. The van der Waals surface area contributed by atoms with Crippen molar-refractivity contribution in [2.75, 3.05) is 32.0 Å². The molecule has 16 nitrogen and oxygen atoms in total. The number of benzene rings is 4. The summed E-state index contributed by atoms with van der Waals surface area (Å²) in [5.41, 5.74) is 4.35. The van der Waals surface area contributed by atoms with Crippen LogP contribution in [0.3, 0.4) is 0 Å². The monoisotopic (exact) mass is 863 g/mol. The van der Waals surface area contributed by atoms with Crippen molar-refractivity contribution < 1.29 is 61.9 Å². The topological polar surface area (TPSA) is 196 Å². The Morgan fingerprint density at radius 3 is 2.02 bits per heavy atom. The number of nitrogens with zero attached hydrogens (tertiary/aromatic N) is 2. The summed E-state index contributed by atoms with van der Waals surface area (Å²) in [6, 6.07) is 24.0. The lowest BCUT2D eigenvalue weighted by Crippen LogP contribution is -2.28. The Morgan fingerprint density at radius 2 is 1.32 bits per heavy atom. The largest absolute Gasteiger partial charge is 0.487 e. The zero-order chi connectivity index (χ0) is 44.1. The van der Waals surface area contributed by atoms with Gasteiger partial charge in [0.2, 0.25) is 18.2 Å². The van der Waals surface area contributed by atoms with Crippen molar-refractivity contribution in [3.05, 3.63) is 146 Å². The highest BCUT2D eigenvalue weighted by Crippen LogP contribution is 2.28. The average molecular weight is 864 g/mol. The second-order valence-electron chi connectivity index (χ2n) is 12.5. The van der Waals surface area contributed by atoms with Crippen molar-refractivity contribution in [1.29, 1.82) is 0 Å². The van der Waals surface area contributed by atoms with Crippen LogP contribution in [0.4, 0.5) is 5.13 Å². The predicted octanol–water partition coefficient (Wildman–Crippen LogP) is 7.60. The Balaban J connectivity index is 1.22. The number of hydrogen-bond acceptors (Lipinski definition) is 17. The normalized spacial score (nSPS) is 11.2. The number of unbranched alkanes of at least 4 members (excludes halogenated alkanes) is 2. The Morgan fingerprint density at radius 1 is 0.694 bits per heavy atom. The zero-order valence-corrected chi connectivity index (χ0v) is 34.0. The van der Waals surface area contributed by atoms with Crippen LogP contribution >= 0.6 is 11.3 Å². The summed E-state index contributed by atoms with van der Waals surface area (Å²) in [6.07, 6.45) is 5.40. The molecular formula is C45H41N3O13S. The second-order valence-corrected chi connectivity index (χ2v) is 13.5. The Labute approximate surface area is 360 Å². The van der Waals surface area contributed by atoms with Gasteiger partial charge in [-0.25, -0.2) is 29.0 Å². The van der Waals surface area contributed by atoms with Crippen LogP contribution in [0, 0.1) is 0 Å². The van der Waals surface area contributed by atoms with Crippen molar-refractivity contribution in [2.24, 2.45) is 5.10 Å². The van der Waals surface area contributed by atoms with E-state index >= 15 is 0 Å². The number of carbonyl (C=O) groups is 5. The number of fused-ring (bicyclic) bond motifs is 1. The molecule has 0 saturated carbocycles. The number of rotatable bonds is 24. The van der Waals surface area contributed by atoms with Gasteiger partial charge in [-0.05, 0) is 98.1 Å². The van der Waals surface area contributed by atoms with E-state index in [-0.39, 0.29) is 54.8 Å². The third-order valence-electron chi connectivity index (χ3n) is 8.13. The molecule has 1 atom stereocenters. The van der Waals surface area contributed by atoms with E-state index in [9.17, 15) is 24.0 Å². The summed E-state index contributed by atoms with van der Waals surface area (Å²) in [5, 5.41) is 4.82. The van der Waals surface area contributed by atoms with Crippen LogP contribution in [0.15, 0.2) is 134 Å². The fraction of sp³-hybridized carbons (Fsp3) is 0.178. The van der Waals surface area contributed by atoms with E-state index in [4.69, 9.17) is 37.9 Å². The predicted molar refractivity (Wildman–Crippen MR) is 228 cm³/mol. The molecule has 62 heavy (non-hydrogen) atoms. The van der Waals surface area contributed by atoms with Crippen LogP contribution in [-0.4, -0.2) is 73.9 Å². The van der Waals surface area contributed by atoms with E-state index in [0.717, 1.165) is 28.4 Å². The lowest BCUT2D eigenvalue weighted by atomic mass is 10.2. The van der Waals surface area contributed by atoms with Crippen LogP contribution in [-0.2, 0) is 33.3 Å². The summed E-state index contributed by atoms with van der Waals surface area (Å²) < 4.78 is 44.1. The quantitative estimate of drug-likeness (QED) is 0.00930. The van der Waals surface area contributed by atoms with Gasteiger partial charge in [-0.2, -0.15) is 5.10 Å². The number of thiazole rings is 1. The smallest absolute Gasteiger partial charge is 0.343 e. The van der Waals surface area contributed by atoms with E-state index in [1.165, 1.54) is 84.3 Å². The molecule has 1 N–H and O–H groups in total. The SMILES string of the molecule is C=CC(=O)OCCCCCOC(COc1ccc(C(=O)Oc2ccc(OC(=O)c3ccc(OCOC(=O)C=C)cc3)cc2/C=N/Nc2nc3ccccc3s2)cc1)OC(=O)C=C. The lowest BCUT2D eigenvalue weighted by molar-refractivity contribution is -0.179. The lowest BCUT2D eigenvalue weighted by Gasteiger charge is -2.18. The summed E-state index contributed by atoms with van der Waals surface area (Å²) in [5.74, 6) is -2.29. The van der Waals surface area contributed by atoms with Gasteiger partial charge in [0, 0.05) is 23.8 Å². The standard InChI is InChI=1S/C45H41N3O13S/c1-4-39(49)54-24-10-7-11-25-55-42(61-41(51)6-3)28-56-33-18-14-31(15-19-33)44(53)60-37-23-22-35(26-32(37)27-46-48-45-47-36-12-8-9-13-38(36)62-45)59-43(52)30-16-20-34(21-17-30)57-29-58-40(50)5-2/h4-6,8-9,12-23,26-27,42H,1-3,7,10-11,24-25,28-29H2,(H,47,48)/b46-27+.